The van der Waals surface area contributed by atoms with Crippen LogP contribution in [0, 0.1) is 13.8 Å². The summed E-state index contributed by atoms with van der Waals surface area (Å²) in [7, 11) is 3.70. The van der Waals surface area contributed by atoms with Crippen molar-refractivity contribution >= 4 is 17.2 Å². The molecular formula is C13H17N3OS. The molecule has 0 saturated heterocycles. The Balaban J connectivity index is 2.12. The Morgan fingerprint density at radius 3 is 2.72 bits per heavy atom. The molecule has 0 radical (unpaired) electrons. The van der Waals surface area contributed by atoms with Gasteiger partial charge < -0.3 is 4.90 Å². The lowest BCUT2D eigenvalue weighted by Gasteiger charge is -2.16. The number of hydrogen-bond acceptors (Lipinski definition) is 3. The van der Waals surface area contributed by atoms with E-state index in [9.17, 15) is 4.79 Å². The Morgan fingerprint density at radius 1 is 1.50 bits per heavy atom. The average Bonchev–Trinajstić information content (AvgIpc) is 2.86. The van der Waals surface area contributed by atoms with Crippen molar-refractivity contribution < 1.29 is 4.79 Å². The summed E-state index contributed by atoms with van der Waals surface area (Å²) in [5, 5.41) is 4.10. The lowest BCUT2D eigenvalue weighted by molar-refractivity contribution is 0.0786. The average molecular weight is 263 g/mol. The second kappa shape index (κ2) is 4.94. The predicted molar refractivity (Wildman–Crippen MR) is 72.8 cm³/mol. The molecule has 2 aromatic heterocycles. The van der Waals surface area contributed by atoms with Crippen molar-refractivity contribution in [1.82, 2.24) is 14.7 Å². The van der Waals surface area contributed by atoms with Crippen LogP contribution in [-0.2, 0) is 13.6 Å². The molecule has 0 aliphatic heterocycles. The fourth-order valence-electron chi connectivity index (χ4n) is 1.74. The normalized spacial score (nSPS) is 10.7. The van der Waals surface area contributed by atoms with E-state index in [1.54, 1.807) is 27.1 Å². The summed E-state index contributed by atoms with van der Waals surface area (Å²) in [5.41, 5.74) is 2.20. The Morgan fingerprint density at radius 2 is 2.22 bits per heavy atom. The van der Waals surface area contributed by atoms with Gasteiger partial charge in [0.2, 0.25) is 0 Å². The molecule has 5 heteroatoms. The smallest absolute Gasteiger partial charge is 0.264 e. The molecule has 0 unspecified atom stereocenters. The largest absolute Gasteiger partial charge is 0.335 e. The van der Waals surface area contributed by atoms with E-state index < -0.39 is 0 Å². The molecule has 0 fully saturated rings. The summed E-state index contributed by atoms with van der Waals surface area (Å²) in [4.78, 5) is 16.0. The maximum absolute atomic E-state index is 12.3. The van der Waals surface area contributed by atoms with Gasteiger partial charge in [-0.05, 0) is 31.5 Å². The second-order valence-electron chi connectivity index (χ2n) is 4.46. The monoisotopic (exact) mass is 263 g/mol. The molecule has 0 aliphatic rings. The number of carbonyl (C=O) groups excluding carboxylic acids is 1. The van der Waals surface area contributed by atoms with Crippen LogP contribution in [-0.4, -0.2) is 27.6 Å². The third kappa shape index (κ3) is 2.46. The zero-order chi connectivity index (χ0) is 13.3. The number of thiophene rings is 1. The van der Waals surface area contributed by atoms with Gasteiger partial charge in [0, 0.05) is 25.2 Å². The van der Waals surface area contributed by atoms with E-state index in [2.05, 4.69) is 5.10 Å². The molecule has 2 rings (SSSR count). The van der Waals surface area contributed by atoms with Gasteiger partial charge in [-0.1, -0.05) is 0 Å². The highest BCUT2D eigenvalue weighted by atomic mass is 32.1. The van der Waals surface area contributed by atoms with E-state index in [1.807, 2.05) is 40.1 Å². The lowest BCUT2D eigenvalue weighted by Crippen LogP contribution is -2.26. The number of amides is 1. The molecule has 2 heterocycles. The third-order valence-corrected chi connectivity index (χ3v) is 4.19. The zero-order valence-electron chi connectivity index (χ0n) is 11.1. The summed E-state index contributed by atoms with van der Waals surface area (Å²) in [6, 6.07) is 3.89. The minimum atomic E-state index is 0.0670. The van der Waals surface area contributed by atoms with E-state index in [0.717, 1.165) is 10.6 Å². The van der Waals surface area contributed by atoms with Crippen LogP contribution in [0.4, 0.5) is 0 Å². The first-order valence-corrected chi connectivity index (χ1v) is 6.60. The number of carbonyl (C=O) groups is 1. The van der Waals surface area contributed by atoms with E-state index in [1.165, 1.54) is 10.4 Å². The van der Waals surface area contributed by atoms with Gasteiger partial charge in [0.1, 0.15) is 0 Å². The van der Waals surface area contributed by atoms with Gasteiger partial charge in [-0.2, -0.15) is 5.10 Å². The van der Waals surface area contributed by atoms with Crippen molar-refractivity contribution in [3.63, 3.8) is 0 Å². The summed E-state index contributed by atoms with van der Waals surface area (Å²) < 4.78 is 1.79. The Labute approximate surface area is 111 Å². The Bertz CT molecular complexity index is 551. The van der Waals surface area contributed by atoms with Crippen LogP contribution >= 0.6 is 11.3 Å². The number of nitrogens with zero attached hydrogens (tertiary/aromatic N) is 3. The van der Waals surface area contributed by atoms with Crippen molar-refractivity contribution in [2.45, 2.75) is 20.4 Å². The van der Waals surface area contributed by atoms with E-state index in [4.69, 9.17) is 0 Å². The van der Waals surface area contributed by atoms with Crippen molar-refractivity contribution in [3.05, 3.63) is 39.3 Å². The molecule has 0 bridgehead atoms. The highest BCUT2D eigenvalue weighted by Gasteiger charge is 2.16. The van der Waals surface area contributed by atoms with Crippen molar-refractivity contribution in [2.75, 3.05) is 7.05 Å². The van der Waals surface area contributed by atoms with Crippen LogP contribution in [0.1, 0.15) is 25.8 Å². The highest BCUT2D eigenvalue weighted by molar-refractivity contribution is 7.14. The third-order valence-electron chi connectivity index (χ3n) is 3.05. The minimum absolute atomic E-state index is 0.0670. The first kappa shape index (κ1) is 12.8. The molecule has 0 N–H and O–H groups in total. The van der Waals surface area contributed by atoms with Crippen LogP contribution in [0.15, 0.2) is 18.3 Å². The standard InChI is InChI=1S/C13H17N3OS/c1-9-7-12(18-10(9)2)13(17)15(3)8-11-5-6-14-16(11)4/h5-7H,8H2,1-4H3. The first-order valence-electron chi connectivity index (χ1n) is 5.78. The van der Waals surface area contributed by atoms with Crippen molar-refractivity contribution in [2.24, 2.45) is 7.05 Å². The van der Waals surface area contributed by atoms with Crippen LogP contribution in [0.25, 0.3) is 0 Å². The van der Waals surface area contributed by atoms with E-state index in [-0.39, 0.29) is 5.91 Å². The maximum Gasteiger partial charge on any atom is 0.264 e. The summed E-state index contributed by atoms with van der Waals surface area (Å²) in [5.74, 6) is 0.0670. The minimum Gasteiger partial charge on any atom is -0.335 e. The molecule has 96 valence electrons. The highest BCUT2D eigenvalue weighted by Crippen LogP contribution is 2.22. The maximum atomic E-state index is 12.3. The lowest BCUT2D eigenvalue weighted by atomic mass is 10.2. The SMILES string of the molecule is Cc1cc(C(=O)N(C)Cc2ccnn2C)sc1C. The zero-order valence-corrected chi connectivity index (χ0v) is 11.9. The molecular weight excluding hydrogens is 246 g/mol. The quantitative estimate of drug-likeness (QED) is 0.852. The van der Waals surface area contributed by atoms with Gasteiger partial charge in [0.15, 0.2) is 0 Å². The number of hydrogen-bond donors (Lipinski definition) is 0. The Hall–Kier alpha value is -1.62. The topological polar surface area (TPSA) is 38.1 Å². The van der Waals surface area contributed by atoms with Crippen LogP contribution < -0.4 is 0 Å². The molecule has 0 spiro atoms. The fraction of sp³-hybridized carbons (Fsp3) is 0.385. The summed E-state index contributed by atoms with van der Waals surface area (Å²) in [6.07, 6.45) is 1.74. The first-order chi connectivity index (χ1) is 8.49. The van der Waals surface area contributed by atoms with Crippen LogP contribution in [0.3, 0.4) is 0 Å². The fourth-order valence-corrected chi connectivity index (χ4v) is 2.77. The van der Waals surface area contributed by atoms with Gasteiger partial charge in [-0.15, -0.1) is 11.3 Å². The predicted octanol–water partition coefficient (Wildman–Crippen LogP) is 2.37. The number of aryl methyl sites for hydroxylation is 3. The van der Waals surface area contributed by atoms with Gasteiger partial charge in [0.25, 0.3) is 5.91 Å². The number of rotatable bonds is 3. The molecule has 18 heavy (non-hydrogen) atoms. The van der Waals surface area contributed by atoms with Gasteiger partial charge >= 0.3 is 0 Å². The van der Waals surface area contributed by atoms with Crippen molar-refractivity contribution in [3.8, 4) is 0 Å². The molecule has 2 aromatic rings. The summed E-state index contributed by atoms with van der Waals surface area (Å²) >= 11 is 1.55. The van der Waals surface area contributed by atoms with Gasteiger partial charge in [0.05, 0.1) is 17.1 Å². The molecule has 4 nitrogen and oxygen atoms in total. The molecule has 0 saturated carbocycles. The van der Waals surface area contributed by atoms with Crippen LogP contribution in [0.5, 0.6) is 0 Å². The Kier molecular flexibility index (Phi) is 3.52. The van der Waals surface area contributed by atoms with Crippen LogP contribution in [0.2, 0.25) is 0 Å². The van der Waals surface area contributed by atoms with E-state index in [0.29, 0.717) is 6.54 Å². The van der Waals surface area contributed by atoms with E-state index >= 15 is 0 Å². The molecule has 0 aliphatic carbocycles. The molecule has 0 aromatic carbocycles. The summed E-state index contributed by atoms with van der Waals surface area (Å²) in [6.45, 7) is 4.65. The number of aromatic nitrogens is 2. The molecule has 0 atom stereocenters. The van der Waals surface area contributed by atoms with Gasteiger partial charge in [-0.3, -0.25) is 9.48 Å². The van der Waals surface area contributed by atoms with Crippen molar-refractivity contribution in [1.29, 1.82) is 0 Å². The van der Waals surface area contributed by atoms with Gasteiger partial charge in [-0.25, -0.2) is 0 Å². The molecule has 1 amide bonds. The second-order valence-corrected chi connectivity index (χ2v) is 5.71.